The highest BCUT2D eigenvalue weighted by molar-refractivity contribution is 6.01. The summed E-state index contributed by atoms with van der Waals surface area (Å²) < 4.78 is 6.70. The highest BCUT2D eigenvalue weighted by atomic mass is 16.5. The van der Waals surface area contributed by atoms with Crippen LogP contribution in [0.5, 0.6) is 0 Å². The first kappa shape index (κ1) is 23.0. The number of aromatic carboxylic acids is 1. The van der Waals surface area contributed by atoms with Crippen LogP contribution in [0.4, 0.5) is 10.5 Å². The minimum Gasteiger partial charge on any atom is -0.476 e. The first-order valence-corrected chi connectivity index (χ1v) is 11.1. The predicted molar refractivity (Wildman–Crippen MR) is 126 cm³/mol. The van der Waals surface area contributed by atoms with Gasteiger partial charge in [-0.3, -0.25) is 9.48 Å². The van der Waals surface area contributed by atoms with E-state index in [9.17, 15) is 19.5 Å². The molecule has 34 heavy (non-hydrogen) atoms. The third-order valence-electron chi connectivity index (χ3n) is 5.93. The molecule has 0 saturated heterocycles. The zero-order chi connectivity index (χ0) is 24.2. The Labute approximate surface area is 196 Å². The number of amides is 2. The van der Waals surface area contributed by atoms with Crippen molar-refractivity contribution in [2.75, 3.05) is 11.9 Å². The number of carboxylic acids is 1. The molecule has 0 unspecified atom stereocenters. The molecule has 0 bridgehead atoms. The van der Waals surface area contributed by atoms with Gasteiger partial charge in [-0.1, -0.05) is 61.9 Å². The van der Waals surface area contributed by atoms with Crippen LogP contribution in [0.15, 0.2) is 54.7 Å². The van der Waals surface area contributed by atoms with Crippen molar-refractivity contribution < 1.29 is 24.2 Å². The lowest BCUT2D eigenvalue weighted by Gasteiger charge is -2.19. The van der Waals surface area contributed by atoms with Crippen molar-refractivity contribution in [1.29, 1.82) is 0 Å². The Morgan fingerprint density at radius 3 is 2.29 bits per heavy atom. The lowest BCUT2D eigenvalue weighted by atomic mass is 9.98. The van der Waals surface area contributed by atoms with Gasteiger partial charge in [0.2, 0.25) is 5.91 Å². The molecular weight excluding hydrogens is 436 g/mol. The van der Waals surface area contributed by atoms with Gasteiger partial charge in [0.25, 0.3) is 0 Å². The number of aryl methyl sites for hydroxylation is 1. The summed E-state index contributed by atoms with van der Waals surface area (Å²) in [6.45, 7) is 2.01. The molecule has 0 fully saturated rings. The molecule has 9 heteroatoms. The van der Waals surface area contributed by atoms with Gasteiger partial charge in [-0.25, -0.2) is 9.59 Å². The molecule has 176 valence electrons. The predicted octanol–water partition coefficient (Wildman–Crippen LogP) is 3.76. The summed E-state index contributed by atoms with van der Waals surface area (Å²) in [5.74, 6) is -1.84. The van der Waals surface area contributed by atoms with Crippen molar-refractivity contribution in [3.05, 3.63) is 71.5 Å². The third-order valence-corrected chi connectivity index (χ3v) is 5.93. The number of benzene rings is 2. The second-order valence-corrected chi connectivity index (χ2v) is 8.14. The van der Waals surface area contributed by atoms with Crippen LogP contribution in [0.25, 0.3) is 11.1 Å². The van der Waals surface area contributed by atoms with E-state index in [1.54, 1.807) is 0 Å². The number of hydrogen-bond acceptors (Lipinski definition) is 5. The van der Waals surface area contributed by atoms with Crippen molar-refractivity contribution in [1.82, 2.24) is 15.1 Å². The van der Waals surface area contributed by atoms with E-state index in [0.717, 1.165) is 26.9 Å². The van der Waals surface area contributed by atoms with E-state index < -0.39 is 24.0 Å². The van der Waals surface area contributed by atoms with Crippen molar-refractivity contribution in [3.63, 3.8) is 0 Å². The molecule has 0 radical (unpaired) electrons. The number of nitrogens with zero attached hydrogens (tertiary/aromatic N) is 2. The Hall–Kier alpha value is -4.14. The number of hydrogen-bond donors (Lipinski definition) is 3. The van der Waals surface area contributed by atoms with E-state index in [4.69, 9.17) is 4.74 Å². The van der Waals surface area contributed by atoms with Crippen LogP contribution in [0, 0.1) is 0 Å². The molecule has 1 aromatic heterocycles. The summed E-state index contributed by atoms with van der Waals surface area (Å²) in [6, 6.07) is 15.2. The number of alkyl carbamates (subject to hydrolysis) is 1. The molecule has 0 aliphatic heterocycles. The van der Waals surface area contributed by atoms with Gasteiger partial charge in [0.05, 0.1) is 11.9 Å². The number of nitrogens with one attached hydrogen (secondary N) is 2. The summed E-state index contributed by atoms with van der Waals surface area (Å²) in [6.07, 6.45) is 1.54. The van der Waals surface area contributed by atoms with Crippen molar-refractivity contribution >= 4 is 23.7 Å². The number of carbonyl (C=O) groups is 3. The minimum absolute atomic E-state index is 0.0652. The van der Waals surface area contributed by atoms with Crippen LogP contribution in [0.1, 0.15) is 47.3 Å². The minimum atomic E-state index is -1.22. The van der Waals surface area contributed by atoms with E-state index in [1.165, 1.54) is 13.2 Å². The molecule has 9 nitrogen and oxygen atoms in total. The lowest BCUT2D eigenvalue weighted by Crippen LogP contribution is -2.44. The fraction of sp³-hybridized carbons (Fsp3) is 0.280. The van der Waals surface area contributed by atoms with Crippen LogP contribution < -0.4 is 10.6 Å². The van der Waals surface area contributed by atoms with Crippen LogP contribution in [-0.4, -0.2) is 45.5 Å². The Morgan fingerprint density at radius 1 is 1.09 bits per heavy atom. The molecule has 1 aliphatic rings. The SMILES string of the molecule is CCC[C@H](NC(=O)OCC1c2ccccc2-c2ccccc21)C(=O)Nc1cnn(C)c1C(=O)O. The Kier molecular flexibility index (Phi) is 6.62. The number of aromatic nitrogens is 2. The molecule has 1 atom stereocenters. The zero-order valence-electron chi connectivity index (χ0n) is 18.9. The number of ether oxygens (including phenoxy) is 1. The van der Waals surface area contributed by atoms with E-state index in [-0.39, 0.29) is 23.9 Å². The van der Waals surface area contributed by atoms with E-state index in [0.29, 0.717) is 12.8 Å². The highest BCUT2D eigenvalue weighted by Gasteiger charge is 2.30. The quantitative estimate of drug-likeness (QED) is 0.468. The molecule has 1 heterocycles. The largest absolute Gasteiger partial charge is 0.476 e. The summed E-state index contributed by atoms with van der Waals surface area (Å²) in [4.78, 5) is 36.9. The molecule has 2 aromatic carbocycles. The highest BCUT2D eigenvalue weighted by Crippen LogP contribution is 2.44. The number of fused-ring (bicyclic) bond motifs is 3. The fourth-order valence-corrected chi connectivity index (χ4v) is 4.34. The van der Waals surface area contributed by atoms with Gasteiger partial charge in [0.15, 0.2) is 5.69 Å². The van der Waals surface area contributed by atoms with Crippen LogP contribution in [0.2, 0.25) is 0 Å². The van der Waals surface area contributed by atoms with Crippen LogP contribution in [0.3, 0.4) is 0 Å². The summed E-state index contributed by atoms with van der Waals surface area (Å²) in [7, 11) is 1.47. The Bertz CT molecular complexity index is 1190. The van der Waals surface area contributed by atoms with Gasteiger partial charge in [0.1, 0.15) is 12.6 Å². The number of anilines is 1. The summed E-state index contributed by atoms with van der Waals surface area (Å²) >= 11 is 0. The zero-order valence-corrected chi connectivity index (χ0v) is 18.9. The number of carboxylic acid groups (broad SMARTS) is 1. The number of rotatable bonds is 8. The molecule has 2 amide bonds. The van der Waals surface area contributed by atoms with Crippen LogP contribution >= 0.6 is 0 Å². The normalized spacial score (nSPS) is 13.0. The average Bonchev–Trinajstić information content (AvgIpc) is 3.35. The Balaban J connectivity index is 1.42. The maximum Gasteiger partial charge on any atom is 0.407 e. The van der Waals surface area contributed by atoms with Crippen LogP contribution in [-0.2, 0) is 16.6 Å². The molecule has 0 saturated carbocycles. The smallest absolute Gasteiger partial charge is 0.407 e. The van der Waals surface area contributed by atoms with Gasteiger partial charge in [-0.05, 0) is 28.7 Å². The van der Waals surface area contributed by atoms with Gasteiger partial charge < -0.3 is 20.5 Å². The molecule has 3 N–H and O–H groups in total. The molecule has 0 spiro atoms. The van der Waals surface area contributed by atoms with Gasteiger partial charge >= 0.3 is 12.1 Å². The molecule has 3 aromatic rings. The molecule has 4 rings (SSSR count). The first-order valence-electron chi connectivity index (χ1n) is 11.1. The molecule has 1 aliphatic carbocycles. The van der Waals surface area contributed by atoms with Gasteiger partial charge in [-0.15, -0.1) is 0 Å². The van der Waals surface area contributed by atoms with E-state index in [2.05, 4.69) is 27.9 Å². The standard InChI is InChI=1S/C25H26N4O5/c1-3-8-20(23(30)27-21-13-26-29(2)22(21)24(31)32)28-25(33)34-14-19-17-11-6-4-9-15(17)16-10-5-7-12-18(16)19/h4-7,9-13,19-20H,3,8,14H2,1-2H3,(H,27,30)(H,28,33)(H,31,32)/t20-/m0/s1. The number of carbonyl (C=O) groups excluding carboxylic acids is 2. The van der Waals surface area contributed by atoms with E-state index >= 15 is 0 Å². The van der Waals surface area contributed by atoms with Gasteiger partial charge in [-0.2, -0.15) is 5.10 Å². The monoisotopic (exact) mass is 462 g/mol. The maximum absolute atomic E-state index is 12.8. The topological polar surface area (TPSA) is 123 Å². The fourth-order valence-electron chi connectivity index (χ4n) is 4.34. The average molecular weight is 463 g/mol. The second-order valence-electron chi connectivity index (χ2n) is 8.14. The molecular formula is C25H26N4O5. The third kappa shape index (κ3) is 4.50. The van der Waals surface area contributed by atoms with Crippen molar-refractivity contribution in [3.8, 4) is 11.1 Å². The second kappa shape index (κ2) is 9.78. The van der Waals surface area contributed by atoms with E-state index in [1.807, 2.05) is 43.3 Å². The van der Waals surface area contributed by atoms with Gasteiger partial charge in [0, 0.05) is 13.0 Å². The summed E-state index contributed by atoms with van der Waals surface area (Å²) in [5.41, 5.74) is 4.36. The lowest BCUT2D eigenvalue weighted by molar-refractivity contribution is -0.118. The Morgan fingerprint density at radius 2 is 1.71 bits per heavy atom. The van der Waals surface area contributed by atoms with Crippen molar-refractivity contribution in [2.45, 2.75) is 31.7 Å². The first-order chi connectivity index (χ1) is 16.4. The van der Waals surface area contributed by atoms with Crippen molar-refractivity contribution in [2.24, 2.45) is 7.05 Å². The summed E-state index contributed by atoms with van der Waals surface area (Å²) in [5, 5.41) is 18.4. The maximum atomic E-state index is 12.8.